The van der Waals surface area contributed by atoms with E-state index in [1.165, 1.54) is 14.2 Å². The smallest absolute Gasteiger partial charge is 0.229 e. The molecule has 0 radical (unpaired) electrons. The predicted molar refractivity (Wildman–Crippen MR) is 131 cm³/mol. The molecule has 0 amide bonds. The molecule has 3 rings (SSSR count). The molecule has 0 saturated carbocycles. The van der Waals surface area contributed by atoms with Gasteiger partial charge >= 0.3 is 0 Å². The van der Waals surface area contributed by atoms with Crippen LogP contribution in [0.1, 0.15) is 17.5 Å². The van der Waals surface area contributed by atoms with Crippen LogP contribution in [0.25, 0.3) is 0 Å². The van der Waals surface area contributed by atoms with Crippen molar-refractivity contribution >= 4 is 0 Å². The van der Waals surface area contributed by atoms with Gasteiger partial charge in [-0.3, -0.25) is 0 Å². The summed E-state index contributed by atoms with van der Waals surface area (Å²) >= 11 is 0. The molecule has 1 heterocycles. The standard InChI is InChI=1S/C26H36O11/c1-33-20-11-15(4-3-9-27)5-7-18(20)35-17(13-28)10-16-6-8-19(21(12-16)34-2)36-26-25(32)24(31)23(30)22(14-29)37-26/h5-8,11-12,17,22-32H,3-4,9-10,13-14H2,1-2H3/t17-,22+,23+,24-,25+,26+/m0/s1. The lowest BCUT2D eigenvalue weighted by Gasteiger charge is -2.39. The minimum Gasteiger partial charge on any atom is -0.493 e. The second-order valence-corrected chi connectivity index (χ2v) is 8.74. The van der Waals surface area contributed by atoms with E-state index in [9.17, 15) is 25.5 Å². The third kappa shape index (κ3) is 7.23. The van der Waals surface area contributed by atoms with Gasteiger partial charge in [-0.25, -0.2) is 0 Å². The maximum absolute atomic E-state index is 10.2. The molecule has 2 aromatic rings. The van der Waals surface area contributed by atoms with Crippen LogP contribution in [0.4, 0.5) is 0 Å². The van der Waals surface area contributed by atoms with E-state index < -0.39 is 43.4 Å². The first kappa shape index (κ1) is 28.9. The lowest BCUT2D eigenvalue weighted by atomic mass is 9.99. The number of ether oxygens (including phenoxy) is 5. The number of methoxy groups -OCH3 is 2. The molecule has 37 heavy (non-hydrogen) atoms. The zero-order valence-corrected chi connectivity index (χ0v) is 20.9. The number of rotatable bonds is 13. The summed E-state index contributed by atoms with van der Waals surface area (Å²) in [5.74, 6) is 1.51. The molecular formula is C26H36O11. The largest absolute Gasteiger partial charge is 0.493 e. The maximum Gasteiger partial charge on any atom is 0.229 e. The van der Waals surface area contributed by atoms with Gasteiger partial charge in [0.25, 0.3) is 0 Å². The molecule has 6 atom stereocenters. The molecule has 1 aliphatic heterocycles. The van der Waals surface area contributed by atoms with Crippen molar-refractivity contribution in [3.05, 3.63) is 47.5 Å². The van der Waals surface area contributed by atoms with E-state index in [4.69, 9.17) is 28.8 Å². The Hall–Kier alpha value is -2.64. The Labute approximate surface area is 215 Å². The van der Waals surface area contributed by atoms with Gasteiger partial charge < -0.3 is 54.3 Å². The molecule has 1 fully saturated rings. The van der Waals surface area contributed by atoms with Gasteiger partial charge in [0.1, 0.15) is 30.5 Å². The molecule has 1 aliphatic rings. The van der Waals surface area contributed by atoms with E-state index in [-0.39, 0.29) is 19.0 Å². The van der Waals surface area contributed by atoms with Crippen molar-refractivity contribution in [2.45, 2.75) is 56.1 Å². The molecule has 206 valence electrons. The van der Waals surface area contributed by atoms with Crippen molar-refractivity contribution in [1.82, 2.24) is 0 Å². The van der Waals surface area contributed by atoms with Crippen LogP contribution >= 0.6 is 0 Å². The molecule has 0 bridgehead atoms. The van der Waals surface area contributed by atoms with E-state index in [0.717, 1.165) is 11.1 Å². The summed E-state index contributed by atoms with van der Waals surface area (Å²) in [4.78, 5) is 0. The summed E-state index contributed by atoms with van der Waals surface area (Å²) < 4.78 is 28.0. The van der Waals surface area contributed by atoms with Crippen LogP contribution in [0.2, 0.25) is 0 Å². The van der Waals surface area contributed by atoms with Crippen LogP contribution in [0.15, 0.2) is 36.4 Å². The van der Waals surface area contributed by atoms with Gasteiger partial charge in [-0.2, -0.15) is 0 Å². The second-order valence-electron chi connectivity index (χ2n) is 8.74. The summed E-state index contributed by atoms with van der Waals surface area (Å²) in [6.45, 7) is -0.733. The minimum atomic E-state index is -1.57. The summed E-state index contributed by atoms with van der Waals surface area (Å²) in [5, 5.41) is 58.6. The van der Waals surface area contributed by atoms with Crippen molar-refractivity contribution < 1.29 is 54.3 Å². The molecule has 11 nitrogen and oxygen atoms in total. The van der Waals surface area contributed by atoms with Crippen LogP contribution < -0.4 is 18.9 Å². The number of aryl methyl sites for hydroxylation is 1. The normalized spacial score (nSPS) is 24.4. The molecule has 0 spiro atoms. The van der Waals surface area contributed by atoms with Crippen LogP contribution in [0.5, 0.6) is 23.0 Å². The van der Waals surface area contributed by atoms with Gasteiger partial charge in [0.2, 0.25) is 6.29 Å². The van der Waals surface area contributed by atoms with Crippen molar-refractivity contribution in [2.24, 2.45) is 0 Å². The quantitative estimate of drug-likeness (QED) is 0.205. The van der Waals surface area contributed by atoms with Crippen LogP contribution in [-0.4, -0.2) is 101 Å². The highest BCUT2D eigenvalue weighted by atomic mass is 16.7. The molecule has 6 N–H and O–H groups in total. The Balaban J connectivity index is 1.71. The first-order chi connectivity index (χ1) is 17.8. The highest BCUT2D eigenvalue weighted by Crippen LogP contribution is 2.33. The number of hydrogen-bond donors (Lipinski definition) is 6. The van der Waals surface area contributed by atoms with Crippen molar-refractivity contribution in [3.8, 4) is 23.0 Å². The van der Waals surface area contributed by atoms with Crippen molar-refractivity contribution in [2.75, 3.05) is 34.0 Å². The molecule has 11 heteroatoms. The van der Waals surface area contributed by atoms with Crippen molar-refractivity contribution in [3.63, 3.8) is 0 Å². The molecular weight excluding hydrogens is 488 g/mol. The molecule has 0 unspecified atom stereocenters. The van der Waals surface area contributed by atoms with E-state index in [0.29, 0.717) is 36.5 Å². The predicted octanol–water partition coefficient (Wildman–Crippen LogP) is -0.210. The number of aliphatic hydroxyl groups excluding tert-OH is 6. The maximum atomic E-state index is 10.2. The second kappa shape index (κ2) is 13.8. The fraction of sp³-hybridized carbons (Fsp3) is 0.538. The Kier molecular flexibility index (Phi) is 10.8. The number of hydrogen-bond acceptors (Lipinski definition) is 11. The zero-order valence-electron chi connectivity index (χ0n) is 20.9. The topological polar surface area (TPSA) is 168 Å². The van der Waals surface area contributed by atoms with E-state index >= 15 is 0 Å². The lowest BCUT2D eigenvalue weighted by molar-refractivity contribution is -0.277. The van der Waals surface area contributed by atoms with Gasteiger partial charge in [0.15, 0.2) is 23.0 Å². The summed E-state index contributed by atoms with van der Waals surface area (Å²) in [6, 6.07) is 10.5. The van der Waals surface area contributed by atoms with Crippen molar-refractivity contribution in [1.29, 1.82) is 0 Å². The third-order valence-corrected chi connectivity index (χ3v) is 6.13. The number of aliphatic hydroxyl groups is 6. The monoisotopic (exact) mass is 524 g/mol. The van der Waals surface area contributed by atoms with Gasteiger partial charge in [-0.05, 0) is 48.2 Å². The van der Waals surface area contributed by atoms with E-state index in [2.05, 4.69) is 0 Å². The van der Waals surface area contributed by atoms with Gasteiger partial charge in [-0.15, -0.1) is 0 Å². The van der Waals surface area contributed by atoms with Crippen LogP contribution in [-0.2, 0) is 17.6 Å². The summed E-state index contributed by atoms with van der Waals surface area (Å²) in [6.07, 6.45) is -6.00. The first-order valence-electron chi connectivity index (χ1n) is 12.0. The molecule has 2 aromatic carbocycles. The molecule has 0 aromatic heterocycles. The summed E-state index contributed by atoms with van der Waals surface area (Å²) in [7, 11) is 2.97. The van der Waals surface area contributed by atoms with Gasteiger partial charge in [0.05, 0.1) is 27.4 Å². The Morgan fingerprint density at radius 2 is 1.46 bits per heavy atom. The summed E-state index contributed by atoms with van der Waals surface area (Å²) in [5.41, 5.74) is 1.76. The average Bonchev–Trinajstić information content (AvgIpc) is 2.92. The minimum absolute atomic E-state index is 0.100. The molecule has 0 aliphatic carbocycles. The highest BCUT2D eigenvalue weighted by Gasteiger charge is 2.45. The Bertz CT molecular complexity index is 983. The Morgan fingerprint density at radius 1 is 0.811 bits per heavy atom. The van der Waals surface area contributed by atoms with Gasteiger partial charge in [0, 0.05) is 13.0 Å². The fourth-order valence-electron chi connectivity index (χ4n) is 4.06. The van der Waals surface area contributed by atoms with E-state index in [1.54, 1.807) is 24.3 Å². The first-order valence-corrected chi connectivity index (χ1v) is 12.0. The SMILES string of the molecule is COc1cc(CCCO)ccc1O[C@H](CO)Cc1ccc(O[C@@H]2O[C@H](CO)[C@@H](O)[C@H](O)[C@H]2O)c(OC)c1. The average molecular weight is 525 g/mol. The highest BCUT2D eigenvalue weighted by molar-refractivity contribution is 5.45. The lowest BCUT2D eigenvalue weighted by Crippen LogP contribution is -2.60. The van der Waals surface area contributed by atoms with E-state index in [1.807, 2.05) is 12.1 Å². The fourth-order valence-corrected chi connectivity index (χ4v) is 4.06. The van der Waals surface area contributed by atoms with Crippen LogP contribution in [0.3, 0.4) is 0 Å². The zero-order chi connectivity index (χ0) is 26.9. The van der Waals surface area contributed by atoms with Crippen LogP contribution in [0, 0.1) is 0 Å². The third-order valence-electron chi connectivity index (χ3n) is 6.13. The van der Waals surface area contributed by atoms with Gasteiger partial charge in [-0.1, -0.05) is 12.1 Å². The Morgan fingerprint density at radius 3 is 2.11 bits per heavy atom. The molecule has 1 saturated heterocycles. The number of benzene rings is 2.